The zero-order valence-corrected chi connectivity index (χ0v) is 17.1. The Morgan fingerprint density at radius 1 is 1.14 bits per heavy atom. The van der Waals surface area contributed by atoms with E-state index in [2.05, 4.69) is 15.0 Å². The van der Waals surface area contributed by atoms with Crippen LogP contribution in [0.4, 0.5) is 5.69 Å². The number of rotatable bonds is 8. The van der Waals surface area contributed by atoms with Gasteiger partial charge in [-0.2, -0.15) is 0 Å². The van der Waals surface area contributed by atoms with Gasteiger partial charge in [0.25, 0.3) is 0 Å². The monoisotopic (exact) mass is 413 g/mol. The van der Waals surface area contributed by atoms with E-state index in [4.69, 9.17) is 0 Å². The Labute approximate surface area is 170 Å². The Morgan fingerprint density at radius 3 is 2.52 bits per heavy atom. The maximum Gasteiger partial charge on any atom is 0.238 e. The summed E-state index contributed by atoms with van der Waals surface area (Å²) in [5, 5.41) is 2.86. The second-order valence-corrected chi connectivity index (χ2v) is 8.77. The molecular weight excluding hydrogens is 390 g/mol. The quantitative estimate of drug-likeness (QED) is 0.394. The first-order chi connectivity index (χ1) is 13.8. The van der Waals surface area contributed by atoms with E-state index in [0.29, 0.717) is 29.9 Å². The van der Waals surface area contributed by atoms with Crippen LogP contribution in [0.3, 0.4) is 0 Å². The summed E-state index contributed by atoms with van der Waals surface area (Å²) in [4.78, 5) is 29.2. The van der Waals surface area contributed by atoms with Crippen LogP contribution >= 0.6 is 0 Å². The van der Waals surface area contributed by atoms with Crippen LogP contribution in [0.15, 0.2) is 53.5 Å². The number of nitrogens with one attached hydrogen (secondary N) is 2. The van der Waals surface area contributed by atoms with Crippen molar-refractivity contribution in [3.8, 4) is 0 Å². The highest BCUT2D eigenvalue weighted by Gasteiger charge is 2.35. The predicted molar refractivity (Wildman–Crippen MR) is 113 cm³/mol. The van der Waals surface area contributed by atoms with Gasteiger partial charge in [0.2, 0.25) is 15.9 Å². The van der Waals surface area contributed by atoms with Crippen molar-refractivity contribution in [1.29, 1.82) is 0 Å². The number of carbonyl (C=O) groups is 2. The van der Waals surface area contributed by atoms with Crippen molar-refractivity contribution < 1.29 is 18.0 Å². The number of anilines is 1. The fraction of sp³-hybridized carbons (Fsp3) is 0.286. The summed E-state index contributed by atoms with van der Waals surface area (Å²) in [6.07, 6.45) is 1.61. The van der Waals surface area contributed by atoms with E-state index in [0.717, 1.165) is 17.4 Å². The lowest BCUT2D eigenvalue weighted by molar-refractivity contribution is -0.115. The maximum absolute atomic E-state index is 12.8. The lowest BCUT2D eigenvalue weighted by Crippen LogP contribution is -2.24. The van der Waals surface area contributed by atoms with E-state index in [1.54, 1.807) is 18.2 Å². The second-order valence-electron chi connectivity index (χ2n) is 6.93. The third-order valence-corrected chi connectivity index (χ3v) is 5.34. The molecule has 2 aromatic rings. The van der Waals surface area contributed by atoms with Crippen molar-refractivity contribution in [1.82, 2.24) is 4.72 Å². The molecule has 2 aromatic carbocycles. The average molecular weight is 413 g/mol. The minimum atomic E-state index is -3.25. The summed E-state index contributed by atoms with van der Waals surface area (Å²) in [6.45, 7) is 2.12. The summed E-state index contributed by atoms with van der Waals surface area (Å²) < 4.78 is 24.8. The average Bonchev–Trinajstić information content (AvgIpc) is 2.99. The number of carbonyl (C=O) groups excluding carboxylic acids is 2. The summed E-state index contributed by atoms with van der Waals surface area (Å²) in [7, 11) is -3.25. The molecule has 1 heterocycles. The van der Waals surface area contributed by atoms with Gasteiger partial charge in [-0.25, -0.2) is 13.1 Å². The predicted octanol–water partition coefficient (Wildman–Crippen LogP) is 2.35. The molecule has 7 nitrogen and oxygen atoms in total. The van der Waals surface area contributed by atoms with E-state index in [1.165, 1.54) is 6.92 Å². The van der Waals surface area contributed by atoms with E-state index in [-0.39, 0.29) is 18.2 Å². The van der Waals surface area contributed by atoms with Gasteiger partial charge in [-0.3, -0.25) is 14.6 Å². The lowest BCUT2D eigenvalue weighted by atomic mass is 9.89. The smallest absolute Gasteiger partial charge is 0.238 e. The standard InChI is InChI=1S/C21H23N3O4S/c1-14(25)16-9-10-18-17(13-16)19(21(26)24-18)20(15-7-4-3-5-8-15)22-11-6-12-23-29(2,27)28/h3-5,7-10,13,19,23H,6,11-12H2,1-2H3,(H,24,26). The molecule has 0 radical (unpaired) electrons. The molecule has 0 saturated heterocycles. The molecule has 1 amide bonds. The number of amides is 1. The summed E-state index contributed by atoms with van der Waals surface area (Å²) in [5.41, 5.74) is 3.34. The number of sulfonamides is 1. The molecule has 2 N–H and O–H groups in total. The third kappa shape index (κ3) is 5.16. The molecule has 8 heteroatoms. The Hall–Kier alpha value is -2.84. The maximum atomic E-state index is 12.8. The largest absolute Gasteiger partial charge is 0.325 e. The first kappa shape index (κ1) is 20.9. The molecule has 1 unspecified atom stereocenters. The molecular formula is C21H23N3O4S. The zero-order valence-electron chi connectivity index (χ0n) is 16.3. The highest BCUT2D eigenvalue weighted by atomic mass is 32.2. The molecule has 1 aliphatic rings. The normalized spacial score (nSPS) is 16.4. The van der Waals surface area contributed by atoms with Crippen LogP contribution in [-0.2, 0) is 14.8 Å². The van der Waals surface area contributed by atoms with Gasteiger partial charge >= 0.3 is 0 Å². The van der Waals surface area contributed by atoms with Crippen LogP contribution < -0.4 is 10.0 Å². The fourth-order valence-corrected chi connectivity index (χ4v) is 3.76. The molecule has 1 atom stereocenters. The van der Waals surface area contributed by atoms with Gasteiger partial charge in [-0.15, -0.1) is 0 Å². The summed E-state index contributed by atoms with van der Waals surface area (Å²) >= 11 is 0. The Balaban J connectivity index is 1.93. The number of ketones is 1. The highest BCUT2D eigenvalue weighted by molar-refractivity contribution is 7.88. The molecule has 1 aliphatic heterocycles. The molecule has 0 aliphatic carbocycles. The summed E-state index contributed by atoms with van der Waals surface area (Å²) in [5.74, 6) is -0.900. The summed E-state index contributed by atoms with van der Waals surface area (Å²) in [6, 6.07) is 14.6. The number of nitrogens with zero attached hydrogens (tertiary/aromatic N) is 1. The number of fused-ring (bicyclic) bond motifs is 1. The van der Waals surface area contributed by atoms with Gasteiger partial charge in [0.1, 0.15) is 5.92 Å². The molecule has 0 spiro atoms. The Morgan fingerprint density at radius 2 is 1.86 bits per heavy atom. The van der Waals surface area contributed by atoms with Crippen molar-refractivity contribution >= 4 is 33.1 Å². The first-order valence-electron chi connectivity index (χ1n) is 9.26. The molecule has 0 fully saturated rings. The molecule has 0 aromatic heterocycles. The molecule has 0 bridgehead atoms. The molecule has 152 valence electrons. The van der Waals surface area contributed by atoms with E-state index in [9.17, 15) is 18.0 Å². The molecule has 0 saturated carbocycles. The SMILES string of the molecule is CC(=O)c1ccc2c(c1)C(C(=NCCCNS(C)(=O)=O)c1ccccc1)C(=O)N2. The van der Waals surface area contributed by atoms with E-state index in [1.807, 2.05) is 30.3 Å². The van der Waals surface area contributed by atoms with Crippen LogP contribution in [-0.4, -0.2) is 45.2 Å². The second kappa shape index (κ2) is 8.67. The van der Waals surface area contributed by atoms with Crippen molar-refractivity contribution in [2.24, 2.45) is 4.99 Å². The number of Topliss-reactive ketones (excluding diaryl/α,β-unsaturated/α-hetero) is 1. The topological polar surface area (TPSA) is 105 Å². The Kier molecular flexibility index (Phi) is 6.24. The lowest BCUT2D eigenvalue weighted by Gasteiger charge is -2.14. The van der Waals surface area contributed by atoms with Crippen LogP contribution in [0.2, 0.25) is 0 Å². The van der Waals surface area contributed by atoms with Crippen LogP contribution in [0.1, 0.15) is 40.7 Å². The minimum absolute atomic E-state index is 0.0732. The highest BCUT2D eigenvalue weighted by Crippen LogP contribution is 2.36. The molecule has 3 rings (SSSR count). The first-order valence-corrected chi connectivity index (χ1v) is 11.2. The van der Waals surface area contributed by atoms with Crippen LogP contribution in [0.25, 0.3) is 0 Å². The van der Waals surface area contributed by atoms with Gasteiger partial charge in [-0.1, -0.05) is 30.3 Å². The van der Waals surface area contributed by atoms with Crippen LogP contribution in [0, 0.1) is 0 Å². The van der Waals surface area contributed by atoms with Crippen molar-refractivity contribution in [3.63, 3.8) is 0 Å². The number of benzene rings is 2. The number of hydrogen-bond donors (Lipinski definition) is 2. The third-order valence-electron chi connectivity index (χ3n) is 4.61. The van der Waals surface area contributed by atoms with Gasteiger partial charge in [0.15, 0.2) is 5.78 Å². The zero-order chi connectivity index (χ0) is 21.0. The van der Waals surface area contributed by atoms with Gasteiger partial charge in [-0.05, 0) is 42.7 Å². The van der Waals surface area contributed by atoms with Crippen molar-refractivity contribution in [3.05, 3.63) is 65.2 Å². The van der Waals surface area contributed by atoms with E-state index >= 15 is 0 Å². The van der Waals surface area contributed by atoms with E-state index < -0.39 is 15.9 Å². The van der Waals surface area contributed by atoms with Gasteiger partial charge < -0.3 is 5.32 Å². The number of hydrogen-bond acceptors (Lipinski definition) is 5. The van der Waals surface area contributed by atoms with Gasteiger partial charge in [0.05, 0.1) is 12.0 Å². The Bertz CT molecular complexity index is 1060. The van der Waals surface area contributed by atoms with Crippen LogP contribution in [0.5, 0.6) is 0 Å². The fourth-order valence-electron chi connectivity index (χ4n) is 3.25. The number of aliphatic imine (C=N–C) groups is 1. The van der Waals surface area contributed by atoms with Crippen molar-refractivity contribution in [2.75, 3.05) is 24.7 Å². The molecule has 29 heavy (non-hydrogen) atoms. The van der Waals surface area contributed by atoms with Crippen molar-refractivity contribution in [2.45, 2.75) is 19.3 Å². The van der Waals surface area contributed by atoms with Gasteiger partial charge in [0, 0.05) is 24.3 Å². The minimum Gasteiger partial charge on any atom is -0.325 e.